The number of nitrogens with zero attached hydrogens (tertiary/aromatic N) is 4. The summed E-state index contributed by atoms with van der Waals surface area (Å²) < 4.78 is 39.5. The number of alkyl halides is 3. The maximum atomic E-state index is 12.8. The van der Waals surface area contributed by atoms with Gasteiger partial charge in [-0.1, -0.05) is 6.07 Å². The van der Waals surface area contributed by atoms with Gasteiger partial charge in [0.15, 0.2) is 0 Å². The van der Waals surface area contributed by atoms with Gasteiger partial charge in [-0.3, -0.25) is 14.5 Å². The Morgan fingerprint density at radius 3 is 2.56 bits per heavy atom. The van der Waals surface area contributed by atoms with E-state index in [2.05, 4.69) is 10.1 Å². The van der Waals surface area contributed by atoms with Gasteiger partial charge in [0, 0.05) is 43.6 Å². The first kappa shape index (κ1) is 23.7. The molecule has 11 heteroatoms. The molecule has 0 saturated heterocycles. The molecule has 1 aliphatic heterocycles. The molecule has 1 amide bonds. The number of aryl methyl sites for hydroxylation is 1. The number of hydrogen-bond acceptors (Lipinski definition) is 5. The Hall–Kier alpha value is -2.95. The average Bonchev–Trinajstić information content (AvgIpc) is 3.49. The fourth-order valence-corrected chi connectivity index (χ4v) is 3.39. The molecule has 2 aromatic rings. The van der Waals surface area contributed by atoms with Gasteiger partial charge < -0.3 is 14.7 Å². The van der Waals surface area contributed by atoms with Gasteiger partial charge >= 0.3 is 12.1 Å². The number of hydrogen-bond donors (Lipinski definition) is 1. The number of fused-ring (bicyclic) bond motifs is 1. The summed E-state index contributed by atoms with van der Waals surface area (Å²) in [6, 6.07) is 5.68. The Morgan fingerprint density at radius 1 is 1.25 bits per heavy atom. The topological polar surface area (TPSA) is 97.5 Å². The Labute approximate surface area is 183 Å². The minimum absolute atomic E-state index is 0.109. The summed E-state index contributed by atoms with van der Waals surface area (Å²) in [7, 11) is 1.94. The molecule has 1 fully saturated rings. The summed E-state index contributed by atoms with van der Waals surface area (Å²) in [5.74, 6) is -1.70. The van der Waals surface area contributed by atoms with E-state index in [4.69, 9.17) is 14.6 Å². The van der Waals surface area contributed by atoms with E-state index < -0.39 is 12.1 Å². The molecule has 0 bridgehead atoms. The van der Waals surface area contributed by atoms with Gasteiger partial charge in [-0.25, -0.2) is 4.79 Å². The third-order valence-corrected chi connectivity index (χ3v) is 5.34. The molecule has 1 atom stereocenters. The highest BCUT2D eigenvalue weighted by molar-refractivity contribution is 5.78. The Bertz CT molecular complexity index is 929. The molecule has 0 radical (unpaired) electrons. The van der Waals surface area contributed by atoms with Crippen LogP contribution in [0, 0.1) is 5.92 Å². The monoisotopic (exact) mass is 454 g/mol. The first-order valence-electron chi connectivity index (χ1n) is 10.2. The third kappa shape index (κ3) is 6.52. The molecule has 2 aliphatic rings. The van der Waals surface area contributed by atoms with Crippen LogP contribution in [-0.4, -0.2) is 62.6 Å². The number of carboxylic acids is 1. The first-order chi connectivity index (χ1) is 15.1. The largest absolute Gasteiger partial charge is 0.490 e. The zero-order valence-corrected chi connectivity index (χ0v) is 17.6. The second-order valence-corrected chi connectivity index (χ2v) is 7.92. The van der Waals surface area contributed by atoms with Crippen molar-refractivity contribution in [3.63, 3.8) is 0 Å². The lowest BCUT2D eigenvalue weighted by atomic mass is 9.95. The Balaban J connectivity index is 0.000000360. The summed E-state index contributed by atoms with van der Waals surface area (Å²) in [4.78, 5) is 27.9. The van der Waals surface area contributed by atoms with Gasteiger partial charge in [0.1, 0.15) is 0 Å². The highest BCUT2D eigenvalue weighted by atomic mass is 19.4. The summed E-state index contributed by atoms with van der Waals surface area (Å²) in [6.45, 7) is 2.79. The van der Waals surface area contributed by atoms with Crippen molar-refractivity contribution in [2.45, 2.75) is 37.9 Å². The maximum absolute atomic E-state index is 12.8. The number of rotatable bonds is 6. The number of carbonyl (C=O) groups excluding carboxylic acids is 1. The van der Waals surface area contributed by atoms with Gasteiger partial charge in [-0.2, -0.15) is 18.3 Å². The van der Waals surface area contributed by atoms with Crippen LogP contribution in [0.3, 0.4) is 0 Å². The smallest absolute Gasteiger partial charge is 0.475 e. The van der Waals surface area contributed by atoms with Crippen LogP contribution < -0.4 is 0 Å². The van der Waals surface area contributed by atoms with Crippen molar-refractivity contribution in [3.05, 3.63) is 47.5 Å². The first-order valence-corrected chi connectivity index (χ1v) is 10.2. The van der Waals surface area contributed by atoms with Crippen LogP contribution in [0.25, 0.3) is 0 Å². The lowest BCUT2D eigenvalue weighted by molar-refractivity contribution is -0.192. The van der Waals surface area contributed by atoms with Crippen LogP contribution in [0.5, 0.6) is 0 Å². The number of carboxylic acid groups (broad SMARTS) is 1. The number of halogens is 3. The van der Waals surface area contributed by atoms with Gasteiger partial charge in [0.2, 0.25) is 5.91 Å². The van der Waals surface area contributed by atoms with Crippen molar-refractivity contribution in [2.24, 2.45) is 13.0 Å². The lowest BCUT2D eigenvalue weighted by Crippen LogP contribution is -2.40. The minimum atomic E-state index is -5.08. The van der Waals surface area contributed by atoms with E-state index in [0.29, 0.717) is 26.1 Å². The molecule has 1 aliphatic carbocycles. The predicted molar refractivity (Wildman–Crippen MR) is 107 cm³/mol. The maximum Gasteiger partial charge on any atom is 0.490 e. The molecule has 174 valence electrons. The third-order valence-electron chi connectivity index (χ3n) is 5.34. The van der Waals surface area contributed by atoms with Crippen molar-refractivity contribution < 1.29 is 32.6 Å². The SMILES string of the molecule is Cn1ncc2c1CN(C(=O)Cc1ccccn1)CC2COCC1CC1.O=C(O)C(F)(F)F. The number of amides is 1. The van der Waals surface area contributed by atoms with E-state index in [1.165, 1.54) is 18.4 Å². The molecule has 0 aromatic carbocycles. The van der Waals surface area contributed by atoms with Gasteiger partial charge in [0.25, 0.3) is 0 Å². The zero-order chi connectivity index (χ0) is 23.3. The highest BCUT2D eigenvalue weighted by Crippen LogP contribution is 2.31. The number of carbonyl (C=O) groups is 2. The molecular weight excluding hydrogens is 429 g/mol. The van der Waals surface area contributed by atoms with E-state index >= 15 is 0 Å². The van der Waals surface area contributed by atoms with E-state index in [1.807, 2.05) is 41.0 Å². The number of pyridine rings is 1. The molecule has 3 heterocycles. The Morgan fingerprint density at radius 2 is 1.97 bits per heavy atom. The van der Waals surface area contributed by atoms with Crippen LogP contribution in [-0.2, 0) is 34.3 Å². The molecule has 2 aromatic heterocycles. The van der Waals surface area contributed by atoms with Crippen LogP contribution in [0.1, 0.15) is 35.7 Å². The molecule has 4 rings (SSSR count). The quantitative estimate of drug-likeness (QED) is 0.721. The summed E-state index contributed by atoms with van der Waals surface area (Å²) in [5.41, 5.74) is 3.14. The molecule has 1 N–H and O–H groups in total. The van der Waals surface area contributed by atoms with Crippen molar-refractivity contribution in [1.82, 2.24) is 19.7 Å². The fraction of sp³-hybridized carbons (Fsp3) is 0.524. The summed E-state index contributed by atoms with van der Waals surface area (Å²) >= 11 is 0. The molecule has 0 spiro atoms. The van der Waals surface area contributed by atoms with Gasteiger partial charge in [-0.15, -0.1) is 0 Å². The zero-order valence-electron chi connectivity index (χ0n) is 17.6. The standard InChI is InChI=1S/C19H24N4O2.C2HF3O2/c1-22-18-11-23(19(24)8-16-4-2-3-7-20-16)10-15(17(18)9-21-22)13-25-12-14-5-6-14;3-2(4,5)1(6)7/h2-4,7,9,14-15H,5-6,8,10-13H2,1H3;(H,6,7). The van der Waals surface area contributed by atoms with E-state index in [0.717, 1.165) is 23.9 Å². The van der Waals surface area contributed by atoms with E-state index in [1.54, 1.807) is 6.20 Å². The highest BCUT2D eigenvalue weighted by Gasteiger charge is 2.38. The normalized spacial score (nSPS) is 17.9. The summed E-state index contributed by atoms with van der Waals surface area (Å²) in [6.07, 6.45) is 1.49. The molecule has 32 heavy (non-hydrogen) atoms. The second-order valence-electron chi connectivity index (χ2n) is 7.92. The Kier molecular flexibility index (Phi) is 7.49. The van der Waals surface area contributed by atoms with Crippen LogP contribution in [0.15, 0.2) is 30.6 Å². The van der Waals surface area contributed by atoms with Crippen LogP contribution in [0.2, 0.25) is 0 Å². The molecule has 1 unspecified atom stereocenters. The molecular formula is C21H25F3N4O4. The summed E-state index contributed by atoms with van der Waals surface area (Å²) in [5, 5.41) is 11.5. The van der Waals surface area contributed by atoms with Crippen molar-refractivity contribution >= 4 is 11.9 Å². The van der Waals surface area contributed by atoms with E-state index in [-0.39, 0.29) is 11.8 Å². The minimum Gasteiger partial charge on any atom is -0.475 e. The van der Waals surface area contributed by atoms with Gasteiger partial charge in [0.05, 0.1) is 31.5 Å². The predicted octanol–water partition coefficient (Wildman–Crippen LogP) is 2.54. The van der Waals surface area contributed by atoms with Crippen molar-refractivity contribution in [3.8, 4) is 0 Å². The van der Waals surface area contributed by atoms with Crippen LogP contribution >= 0.6 is 0 Å². The van der Waals surface area contributed by atoms with Crippen molar-refractivity contribution in [1.29, 1.82) is 0 Å². The second kappa shape index (κ2) is 10.1. The number of aliphatic carboxylic acids is 1. The fourth-order valence-electron chi connectivity index (χ4n) is 3.39. The van der Waals surface area contributed by atoms with Gasteiger partial charge in [-0.05, 0) is 30.9 Å². The average molecular weight is 454 g/mol. The molecule has 8 nitrogen and oxygen atoms in total. The molecule has 1 saturated carbocycles. The lowest BCUT2D eigenvalue weighted by Gasteiger charge is -2.33. The number of aromatic nitrogens is 3. The number of ether oxygens (including phenoxy) is 1. The van der Waals surface area contributed by atoms with Crippen LogP contribution in [0.4, 0.5) is 13.2 Å². The van der Waals surface area contributed by atoms with E-state index in [9.17, 15) is 18.0 Å². The van der Waals surface area contributed by atoms with Crippen molar-refractivity contribution in [2.75, 3.05) is 19.8 Å².